The molecule has 0 atom stereocenters. The molecule has 1 aliphatic heterocycles. The molecule has 0 bridgehead atoms. The Labute approximate surface area is 187 Å². The van der Waals surface area contributed by atoms with E-state index in [1.54, 1.807) is 60.7 Å². The first-order valence-corrected chi connectivity index (χ1v) is 9.92. The van der Waals surface area contributed by atoms with Gasteiger partial charge in [-0.15, -0.1) is 0 Å². The van der Waals surface area contributed by atoms with E-state index >= 15 is 0 Å². The van der Waals surface area contributed by atoms with Gasteiger partial charge in [-0.3, -0.25) is 14.4 Å². The summed E-state index contributed by atoms with van der Waals surface area (Å²) in [5, 5.41) is 5.56. The number of halogens is 2. The van der Waals surface area contributed by atoms with Gasteiger partial charge in [-0.1, -0.05) is 41.4 Å². The summed E-state index contributed by atoms with van der Waals surface area (Å²) in [5.74, 6) is -1.04. The Balaban J connectivity index is 1.52. The average molecular weight is 456 g/mol. The number of nitrogens with zero attached hydrogens (tertiary/aromatic N) is 1. The van der Waals surface area contributed by atoms with Crippen molar-refractivity contribution < 1.29 is 18.8 Å². The van der Waals surface area contributed by atoms with Crippen LogP contribution in [0.4, 0.5) is 11.4 Å². The van der Waals surface area contributed by atoms with Crippen molar-refractivity contribution in [1.29, 1.82) is 0 Å². The molecule has 31 heavy (non-hydrogen) atoms. The van der Waals surface area contributed by atoms with Crippen LogP contribution in [-0.4, -0.2) is 17.7 Å². The number of carbonyl (C=O) groups is 3. The van der Waals surface area contributed by atoms with Gasteiger partial charge in [-0.25, -0.2) is 4.90 Å². The van der Waals surface area contributed by atoms with Crippen LogP contribution in [0, 0.1) is 0 Å². The number of para-hydroxylation sites is 1. The molecule has 2 N–H and O–H groups in total. The van der Waals surface area contributed by atoms with Crippen molar-refractivity contribution in [1.82, 2.24) is 5.32 Å². The number of rotatable bonds is 6. The molecular weight excluding hydrogens is 441 g/mol. The highest BCUT2D eigenvalue weighted by molar-refractivity contribution is 6.53. The number of anilines is 2. The van der Waals surface area contributed by atoms with Crippen LogP contribution in [0.3, 0.4) is 0 Å². The lowest BCUT2D eigenvalue weighted by Gasteiger charge is -2.16. The quantitative estimate of drug-likeness (QED) is 0.540. The summed E-state index contributed by atoms with van der Waals surface area (Å²) >= 11 is 12.3. The minimum Gasteiger partial charge on any atom is -0.467 e. The molecule has 0 unspecified atom stereocenters. The molecule has 2 heterocycles. The lowest BCUT2D eigenvalue weighted by molar-refractivity contribution is -0.120. The zero-order valence-electron chi connectivity index (χ0n) is 15.9. The zero-order valence-corrected chi connectivity index (χ0v) is 17.4. The predicted molar refractivity (Wildman–Crippen MR) is 117 cm³/mol. The number of carbonyl (C=O) groups excluding carboxylic acids is 3. The van der Waals surface area contributed by atoms with Crippen molar-refractivity contribution in [2.24, 2.45) is 0 Å². The molecule has 7 nitrogen and oxygen atoms in total. The summed E-state index contributed by atoms with van der Waals surface area (Å²) in [6.45, 7) is 0.236. The van der Waals surface area contributed by atoms with Crippen molar-refractivity contribution in [2.75, 3.05) is 10.2 Å². The maximum atomic E-state index is 12.9. The van der Waals surface area contributed by atoms with Gasteiger partial charge < -0.3 is 15.1 Å². The number of hydrogen-bond acceptors (Lipinski definition) is 5. The first kappa shape index (κ1) is 20.7. The molecule has 4 rings (SSSR count). The van der Waals surface area contributed by atoms with E-state index in [0.29, 0.717) is 17.0 Å². The van der Waals surface area contributed by atoms with Crippen molar-refractivity contribution in [3.8, 4) is 0 Å². The monoisotopic (exact) mass is 455 g/mol. The van der Waals surface area contributed by atoms with E-state index in [-0.39, 0.29) is 33.9 Å². The lowest BCUT2D eigenvalue weighted by Crippen LogP contribution is -2.32. The molecule has 2 aromatic carbocycles. The Bertz CT molecular complexity index is 1200. The highest BCUT2D eigenvalue weighted by atomic mass is 35.5. The largest absolute Gasteiger partial charge is 0.467 e. The molecule has 0 aliphatic carbocycles. The van der Waals surface area contributed by atoms with Crippen LogP contribution >= 0.6 is 23.2 Å². The lowest BCUT2D eigenvalue weighted by atomic mass is 10.2. The van der Waals surface area contributed by atoms with Gasteiger partial charge in [0.25, 0.3) is 17.7 Å². The van der Waals surface area contributed by atoms with E-state index < -0.39 is 11.8 Å². The van der Waals surface area contributed by atoms with E-state index in [0.717, 1.165) is 4.90 Å². The van der Waals surface area contributed by atoms with Crippen molar-refractivity contribution >= 4 is 52.3 Å². The van der Waals surface area contributed by atoms with Gasteiger partial charge in [0.15, 0.2) is 0 Å². The van der Waals surface area contributed by atoms with E-state index in [9.17, 15) is 14.4 Å². The third-order valence-corrected chi connectivity index (χ3v) is 5.19. The molecule has 3 amide bonds. The van der Waals surface area contributed by atoms with Gasteiger partial charge >= 0.3 is 0 Å². The van der Waals surface area contributed by atoms with Gasteiger partial charge in [-0.05, 0) is 42.5 Å². The maximum Gasteiger partial charge on any atom is 0.283 e. The molecule has 3 aromatic rings. The summed E-state index contributed by atoms with van der Waals surface area (Å²) in [7, 11) is 0. The molecule has 1 aliphatic rings. The van der Waals surface area contributed by atoms with Gasteiger partial charge in [-0.2, -0.15) is 0 Å². The number of benzene rings is 2. The van der Waals surface area contributed by atoms with E-state index in [1.165, 1.54) is 6.26 Å². The highest BCUT2D eigenvalue weighted by Crippen LogP contribution is 2.34. The van der Waals surface area contributed by atoms with Crippen LogP contribution in [0.5, 0.6) is 0 Å². The first-order valence-electron chi connectivity index (χ1n) is 9.16. The number of furan rings is 1. The van der Waals surface area contributed by atoms with E-state index in [4.69, 9.17) is 27.6 Å². The summed E-state index contributed by atoms with van der Waals surface area (Å²) in [6.07, 6.45) is 1.52. The van der Waals surface area contributed by atoms with Crippen LogP contribution < -0.4 is 15.5 Å². The number of hydrogen-bond donors (Lipinski definition) is 2. The fourth-order valence-corrected chi connectivity index (χ4v) is 3.46. The summed E-state index contributed by atoms with van der Waals surface area (Å²) in [4.78, 5) is 38.8. The number of amides is 3. The van der Waals surface area contributed by atoms with Crippen LogP contribution in [-0.2, 0) is 16.1 Å². The van der Waals surface area contributed by atoms with E-state index in [1.807, 2.05) is 0 Å². The molecule has 0 saturated carbocycles. The second-order valence-electron chi connectivity index (χ2n) is 6.55. The second kappa shape index (κ2) is 8.67. The minimum atomic E-state index is -0.686. The van der Waals surface area contributed by atoms with Crippen molar-refractivity contribution in [3.63, 3.8) is 0 Å². The summed E-state index contributed by atoms with van der Waals surface area (Å²) < 4.78 is 5.19. The Morgan fingerprint density at radius 1 is 0.968 bits per heavy atom. The topological polar surface area (TPSA) is 91.7 Å². The number of imide groups is 1. The standard InChI is InChI=1S/C22H15Cl2N3O4/c23-16-8-1-2-9-17(16)27-21(29)18(24)19(22(27)30)26-14-6-3-5-13(11-14)20(28)25-12-15-7-4-10-31-15/h1-11,26H,12H2,(H,25,28). The maximum absolute atomic E-state index is 12.9. The normalized spacial score (nSPS) is 13.7. The molecule has 0 saturated heterocycles. The van der Waals surface area contributed by atoms with Crippen LogP contribution in [0.1, 0.15) is 16.1 Å². The van der Waals surface area contributed by atoms with E-state index in [2.05, 4.69) is 10.6 Å². The molecular formula is C22H15Cl2N3O4. The Hall–Kier alpha value is -3.55. The molecule has 9 heteroatoms. The molecule has 156 valence electrons. The van der Waals surface area contributed by atoms with Crippen LogP contribution in [0.25, 0.3) is 0 Å². The summed E-state index contributed by atoms with van der Waals surface area (Å²) in [5.41, 5.74) is 0.911. The van der Waals surface area contributed by atoms with Crippen molar-refractivity contribution in [2.45, 2.75) is 6.54 Å². The first-order chi connectivity index (χ1) is 15.0. The molecule has 0 radical (unpaired) electrons. The summed E-state index contributed by atoms with van der Waals surface area (Å²) in [6, 6.07) is 16.4. The van der Waals surface area contributed by atoms with Crippen LogP contribution in [0.2, 0.25) is 5.02 Å². The fraction of sp³-hybridized carbons (Fsp3) is 0.0455. The number of nitrogens with one attached hydrogen (secondary N) is 2. The van der Waals surface area contributed by atoms with Crippen molar-refractivity contribution in [3.05, 3.63) is 94.0 Å². The SMILES string of the molecule is O=C(NCc1ccco1)c1cccc(NC2=C(Cl)C(=O)N(c3ccccc3Cl)C2=O)c1. The third-order valence-electron chi connectivity index (χ3n) is 4.52. The second-order valence-corrected chi connectivity index (χ2v) is 7.34. The van der Waals surface area contributed by atoms with Crippen LogP contribution in [0.15, 0.2) is 82.1 Å². The molecule has 0 fully saturated rings. The average Bonchev–Trinajstić information content (AvgIpc) is 3.36. The van der Waals surface area contributed by atoms with Gasteiger partial charge in [0.1, 0.15) is 16.5 Å². The van der Waals surface area contributed by atoms with Gasteiger partial charge in [0.2, 0.25) is 0 Å². The predicted octanol–water partition coefficient (Wildman–Crippen LogP) is 4.30. The Morgan fingerprint density at radius 3 is 2.52 bits per heavy atom. The Kier molecular flexibility index (Phi) is 5.79. The smallest absolute Gasteiger partial charge is 0.283 e. The van der Waals surface area contributed by atoms with Gasteiger partial charge in [0.05, 0.1) is 23.5 Å². The Morgan fingerprint density at radius 2 is 1.77 bits per heavy atom. The minimum absolute atomic E-state index is 0.0975. The third kappa shape index (κ3) is 4.19. The molecule has 0 spiro atoms. The highest BCUT2D eigenvalue weighted by Gasteiger charge is 2.39. The fourth-order valence-electron chi connectivity index (χ4n) is 3.03. The van der Waals surface area contributed by atoms with Gasteiger partial charge in [0, 0.05) is 11.3 Å². The molecule has 1 aromatic heterocycles. The zero-order chi connectivity index (χ0) is 22.0.